The molecule has 0 fully saturated rings. The Kier molecular flexibility index (Phi) is 3.35. The van der Waals surface area contributed by atoms with Gasteiger partial charge in [-0.05, 0) is 18.2 Å². The molecule has 0 saturated carbocycles. The Morgan fingerprint density at radius 2 is 1.94 bits per heavy atom. The lowest BCUT2D eigenvalue weighted by atomic mass is 10.1. The highest BCUT2D eigenvalue weighted by Crippen LogP contribution is 2.21. The van der Waals surface area contributed by atoms with E-state index in [-0.39, 0.29) is 11.6 Å². The van der Waals surface area contributed by atoms with Gasteiger partial charge in [0.1, 0.15) is 5.15 Å². The van der Waals surface area contributed by atoms with Crippen LogP contribution in [0.3, 0.4) is 0 Å². The maximum absolute atomic E-state index is 10.6. The molecule has 5 heteroatoms. The van der Waals surface area contributed by atoms with Crippen LogP contribution in [-0.2, 0) is 11.2 Å². The number of aliphatic carboxylic acids is 1. The second-order valence-corrected chi connectivity index (χ2v) is 3.81. The third-order valence-corrected chi connectivity index (χ3v) is 2.57. The summed E-state index contributed by atoms with van der Waals surface area (Å²) in [6, 6.07) is 7.06. The molecule has 0 bridgehead atoms. The van der Waals surface area contributed by atoms with Crippen LogP contribution in [0.2, 0.25) is 5.15 Å². The van der Waals surface area contributed by atoms with Crippen LogP contribution in [0.15, 0.2) is 36.7 Å². The molecular formula is C12H9ClN2O2. The minimum atomic E-state index is -0.926. The van der Waals surface area contributed by atoms with Gasteiger partial charge in [0.2, 0.25) is 0 Å². The number of halogens is 1. The van der Waals surface area contributed by atoms with E-state index in [1.165, 1.54) is 0 Å². The van der Waals surface area contributed by atoms with Crippen LogP contribution in [-0.4, -0.2) is 21.0 Å². The molecule has 0 saturated heterocycles. The predicted molar refractivity (Wildman–Crippen MR) is 63.8 cm³/mol. The van der Waals surface area contributed by atoms with E-state index in [2.05, 4.69) is 9.97 Å². The van der Waals surface area contributed by atoms with E-state index in [0.717, 1.165) is 5.56 Å². The fourth-order valence-electron chi connectivity index (χ4n) is 1.44. The fourth-order valence-corrected chi connectivity index (χ4v) is 1.66. The lowest BCUT2D eigenvalue weighted by Gasteiger charge is -2.04. The minimum Gasteiger partial charge on any atom is -0.481 e. The maximum Gasteiger partial charge on any atom is 0.307 e. The first kappa shape index (κ1) is 11.5. The minimum absolute atomic E-state index is 0.123. The van der Waals surface area contributed by atoms with Crippen molar-refractivity contribution in [3.63, 3.8) is 0 Å². The average molecular weight is 249 g/mol. The number of nitrogens with zero attached hydrogens (tertiary/aromatic N) is 2. The highest BCUT2D eigenvalue weighted by atomic mass is 35.5. The first-order valence-corrected chi connectivity index (χ1v) is 5.32. The molecule has 1 N–H and O–H groups in total. The average Bonchev–Trinajstić information content (AvgIpc) is 2.32. The largest absolute Gasteiger partial charge is 0.481 e. The van der Waals surface area contributed by atoms with Crippen molar-refractivity contribution in [2.45, 2.75) is 6.42 Å². The highest BCUT2D eigenvalue weighted by molar-refractivity contribution is 6.30. The summed E-state index contributed by atoms with van der Waals surface area (Å²) in [6.07, 6.45) is 3.20. The van der Waals surface area contributed by atoms with E-state index < -0.39 is 5.97 Å². The van der Waals surface area contributed by atoms with Crippen LogP contribution in [0.5, 0.6) is 0 Å². The van der Waals surface area contributed by atoms with Crippen molar-refractivity contribution in [2.24, 2.45) is 0 Å². The van der Waals surface area contributed by atoms with Crippen LogP contribution < -0.4 is 0 Å². The lowest BCUT2D eigenvalue weighted by molar-refractivity contribution is -0.136. The third-order valence-electron chi connectivity index (χ3n) is 2.24. The van der Waals surface area contributed by atoms with Gasteiger partial charge < -0.3 is 5.11 Å². The molecule has 0 spiro atoms. The maximum atomic E-state index is 10.6. The molecule has 2 aromatic rings. The van der Waals surface area contributed by atoms with Crippen molar-refractivity contribution in [1.29, 1.82) is 0 Å². The van der Waals surface area contributed by atoms with Crippen LogP contribution in [0.1, 0.15) is 5.56 Å². The molecule has 0 unspecified atom stereocenters. The summed E-state index contributed by atoms with van der Waals surface area (Å²) in [6.45, 7) is 0. The summed E-state index contributed by atoms with van der Waals surface area (Å²) < 4.78 is 0. The third kappa shape index (κ3) is 2.79. The van der Waals surface area contributed by atoms with Crippen molar-refractivity contribution < 1.29 is 9.90 Å². The van der Waals surface area contributed by atoms with Gasteiger partial charge in [-0.2, -0.15) is 0 Å². The van der Waals surface area contributed by atoms with E-state index in [4.69, 9.17) is 16.7 Å². The number of hydrogen-bond acceptors (Lipinski definition) is 3. The Morgan fingerprint density at radius 1 is 1.24 bits per heavy atom. The normalized spacial score (nSPS) is 10.2. The monoisotopic (exact) mass is 248 g/mol. The number of carbonyl (C=O) groups is 1. The summed E-state index contributed by atoms with van der Waals surface area (Å²) in [5.74, 6) is -0.926. The summed E-state index contributed by atoms with van der Waals surface area (Å²) >= 11 is 5.93. The molecule has 0 aromatic carbocycles. The molecular weight excluding hydrogens is 240 g/mol. The Morgan fingerprint density at radius 3 is 2.53 bits per heavy atom. The van der Waals surface area contributed by atoms with Gasteiger partial charge in [0.15, 0.2) is 0 Å². The SMILES string of the molecule is O=C(O)Cc1ccc(-c2ccncc2)nc1Cl. The van der Waals surface area contributed by atoms with E-state index in [9.17, 15) is 4.79 Å². The second kappa shape index (κ2) is 4.93. The van der Waals surface area contributed by atoms with Gasteiger partial charge in [-0.15, -0.1) is 0 Å². The topological polar surface area (TPSA) is 63.1 Å². The zero-order chi connectivity index (χ0) is 12.3. The molecule has 2 aromatic heterocycles. The number of hydrogen-bond donors (Lipinski definition) is 1. The van der Waals surface area contributed by atoms with Crippen molar-refractivity contribution in [3.05, 3.63) is 47.4 Å². The molecule has 0 aliphatic rings. The van der Waals surface area contributed by atoms with E-state index in [1.54, 1.807) is 24.5 Å². The van der Waals surface area contributed by atoms with Gasteiger partial charge in [-0.1, -0.05) is 17.7 Å². The van der Waals surface area contributed by atoms with Crippen LogP contribution in [0.4, 0.5) is 0 Å². The quantitative estimate of drug-likeness (QED) is 0.848. The summed E-state index contributed by atoms with van der Waals surface area (Å²) in [5, 5.41) is 8.91. The molecule has 0 aliphatic carbocycles. The van der Waals surface area contributed by atoms with E-state index in [1.807, 2.05) is 12.1 Å². The molecule has 2 heterocycles. The van der Waals surface area contributed by atoms with Crippen LogP contribution in [0, 0.1) is 0 Å². The van der Waals surface area contributed by atoms with Gasteiger partial charge in [0.25, 0.3) is 0 Å². The van der Waals surface area contributed by atoms with Crippen molar-refractivity contribution in [2.75, 3.05) is 0 Å². The Balaban J connectivity index is 2.34. The standard InChI is InChI=1S/C12H9ClN2O2/c13-12-9(7-11(16)17)1-2-10(15-12)8-3-5-14-6-4-8/h1-6H,7H2,(H,16,17). The molecule has 4 nitrogen and oxygen atoms in total. The highest BCUT2D eigenvalue weighted by Gasteiger charge is 2.08. The van der Waals surface area contributed by atoms with Gasteiger partial charge in [0.05, 0.1) is 12.1 Å². The number of pyridine rings is 2. The fraction of sp³-hybridized carbons (Fsp3) is 0.0833. The first-order chi connectivity index (χ1) is 8.16. The molecule has 86 valence electrons. The Bertz CT molecular complexity index is 543. The summed E-state index contributed by atoms with van der Waals surface area (Å²) in [4.78, 5) is 18.7. The van der Waals surface area contributed by atoms with E-state index in [0.29, 0.717) is 11.3 Å². The van der Waals surface area contributed by atoms with Gasteiger partial charge >= 0.3 is 5.97 Å². The number of rotatable bonds is 3. The summed E-state index contributed by atoms with van der Waals surface area (Å²) in [5.41, 5.74) is 2.10. The number of carboxylic acid groups (broad SMARTS) is 1. The first-order valence-electron chi connectivity index (χ1n) is 4.94. The molecule has 0 radical (unpaired) electrons. The molecule has 2 rings (SSSR count). The smallest absolute Gasteiger partial charge is 0.307 e. The zero-order valence-electron chi connectivity index (χ0n) is 8.80. The number of aromatic nitrogens is 2. The van der Waals surface area contributed by atoms with Crippen molar-refractivity contribution in [1.82, 2.24) is 9.97 Å². The van der Waals surface area contributed by atoms with Gasteiger partial charge in [-0.3, -0.25) is 9.78 Å². The molecule has 0 amide bonds. The number of carboxylic acids is 1. The molecule has 17 heavy (non-hydrogen) atoms. The molecule has 0 atom stereocenters. The van der Waals surface area contributed by atoms with Gasteiger partial charge in [0, 0.05) is 23.5 Å². The van der Waals surface area contributed by atoms with Crippen molar-refractivity contribution in [3.8, 4) is 11.3 Å². The lowest BCUT2D eigenvalue weighted by Crippen LogP contribution is -2.01. The Labute approximate surface area is 103 Å². The Hall–Kier alpha value is -1.94. The second-order valence-electron chi connectivity index (χ2n) is 3.45. The zero-order valence-corrected chi connectivity index (χ0v) is 9.55. The van der Waals surface area contributed by atoms with Crippen molar-refractivity contribution >= 4 is 17.6 Å². The summed E-state index contributed by atoms with van der Waals surface area (Å²) in [7, 11) is 0. The van der Waals surface area contributed by atoms with Crippen LogP contribution >= 0.6 is 11.6 Å². The van der Waals surface area contributed by atoms with Gasteiger partial charge in [-0.25, -0.2) is 4.98 Å². The molecule has 0 aliphatic heterocycles. The van der Waals surface area contributed by atoms with E-state index >= 15 is 0 Å². The predicted octanol–water partition coefficient (Wildman–Crippen LogP) is 2.42. The van der Waals surface area contributed by atoms with Crippen LogP contribution in [0.25, 0.3) is 11.3 Å².